The SMILES string of the molecule is C=CC(=O)NCc1ccc(C(=O)Oc2ccc(C#N)cc2)cc1. The van der Waals surface area contributed by atoms with Gasteiger partial charge in [0.25, 0.3) is 0 Å². The maximum atomic E-state index is 12.0. The fourth-order valence-electron chi connectivity index (χ4n) is 1.78. The number of carbonyl (C=O) groups excluding carboxylic acids is 2. The van der Waals surface area contributed by atoms with Gasteiger partial charge in [-0.25, -0.2) is 4.79 Å². The molecule has 23 heavy (non-hydrogen) atoms. The van der Waals surface area contributed by atoms with E-state index in [2.05, 4.69) is 11.9 Å². The van der Waals surface area contributed by atoms with Crippen LogP contribution in [0, 0.1) is 11.3 Å². The van der Waals surface area contributed by atoms with E-state index in [0.29, 0.717) is 23.4 Å². The summed E-state index contributed by atoms with van der Waals surface area (Å²) in [6.45, 7) is 3.73. The van der Waals surface area contributed by atoms with E-state index in [1.165, 1.54) is 6.08 Å². The fourth-order valence-corrected chi connectivity index (χ4v) is 1.78. The molecule has 0 spiro atoms. The minimum atomic E-state index is -0.489. The number of ether oxygens (including phenoxy) is 1. The molecule has 1 N–H and O–H groups in total. The molecule has 114 valence electrons. The molecule has 5 nitrogen and oxygen atoms in total. The lowest BCUT2D eigenvalue weighted by molar-refractivity contribution is -0.116. The molecule has 0 fully saturated rings. The highest BCUT2D eigenvalue weighted by atomic mass is 16.5. The zero-order valence-corrected chi connectivity index (χ0v) is 12.3. The van der Waals surface area contributed by atoms with Gasteiger partial charge in [0, 0.05) is 6.54 Å². The van der Waals surface area contributed by atoms with Crippen LogP contribution in [-0.2, 0) is 11.3 Å². The number of benzene rings is 2. The lowest BCUT2D eigenvalue weighted by Gasteiger charge is -2.06. The van der Waals surface area contributed by atoms with Crippen molar-refractivity contribution >= 4 is 11.9 Å². The minimum absolute atomic E-state index is 0.255. The molecule has 0 saturated heterocycles. The Bertz CT molecular complexity index is 756. The van der Waals surface area contributed by atoms with Gasteiger partial charge in [-0.3, -0.25) is 4.79 Å². The van der Waals surface area contributed by atoms with E-state index in [4.69, 9.17) is 10.00 Å². The summed E-state index contributed by atoms with van der Waals surface area (Å²) >= 11 is 0. The number of nitriles is 1. The second-order valence-corrected chi connectivity index (χ2v) is 4.64. The number of amides is 1. The van der Waals surface area contributed by atoms with Gasteiger partial charge in [-0.05, 0) is 48.0 Å². The topological polar surface area (TPSA) is 79.2 Å². The summed E-state index contributed by atoms with van der Waals surface area (Å²) in [4.78, 5) is 23.1. The molecular formula is C18H14N2O3. The van der Waals surface area contributed by atoms with Crippen molar-refractivity contribution in [1.82, 2.24) is 5.32 Å². The molecule has 1 amide bonds. The molecule has 0 saturated carbocycles. The van der Waals surface area contributed by atoms with Gasteiger partial charge in [0.1, 0.15) is 5.75 Å². The first kappa shape index (κ1) is 16.0. The lowest BCUT2D eigenvalue weighted by Crippen LogP contribution is -2.20. The molecule has 0 aliphatic carbocycles. The van der Waals surface area contributed by atoms with Gasteiger partial charge in [0.2, 0.25) is 5.91 Å². The maximum absolute atomic E-state index is 12.0. The second-order valence-electron chi connectivity index (χ2n) is 4.64. The highest BCUT2D eigenvalue weighted by Gasteiger charge is 2.08. The molecule has 0 radical (unpaired) electrons. The van der Waals surface area contributed by atoms with Crippen LogP contribution in [0.3, 0.4) is 0 Å². The van der Waals surface area contributed by atoms with Crippen LogP contribution in [-0.4, -0.2) is 11.9 Å². The van der Waals surface area contributed by atoms with Crippen LogP contribution in [0.15, 0.2) is 61.2 Å². The molecule has 0 heterocycles. The van der Waals surface area contributed by atoms with Crippen LogP contribution in [0.1, 0.15) is 21.5 Å². The average Bonchev–Trinajstić information content (AvgIpc) is 2.60. The molecule has 0 atom stereocenters. The van der Waals surface area contributed by atoms with E-state index >= 15 is 0 Å². The van der Waals surface area contributed by atoms with E-state index in [1.807, 2.05) is 6.07 Å². The zero-order valence-electron chi connectivity index (χ0n) is 12.3. The number of carbonyl (C=O) groups is 2. The van der Waals surface area contributed by atoms with E-state index in [-0.39, 0.29) is 5.91 Å². The monoisotopic (exact) mass is 306 g/mol. The summed E-state index contributed by atoms with van der Waals surface area (Å²) in [5, 5.41) is 11.4. The van der Waals surface area contributed by atoms with Gasteiger partial charge in [-0.1, -0.05) is 18.7 Å². The lowest BCUT2D eigenvalue weighted by atomic mass is 10.1. The molecule has 0 aliphatic rings. The summed E-state index contributed by atoms with van der Waals surface area (Å²) in [5.74, 6) is -0.373. The van der Waals surface area contributed by atoms with Crippen molar-refractivity contribution in [2.75, 3.05) is 0 Å². The van der Waals surface area contributed by atoms with Gasteiger partial charge in [-0.15, -0.1) is 0 Å². The van der Waals surface area contributed by atoms with Gasteiger partial charge >= 0.3 is 5.97 Å². The first-order valence-electron chi connectivity index (χ1n) is 6.84. The van der Waals surface area contributed by atoms with Gasteiger partial charge in [-0.2, -0.15) is 5.26 Å². The van der Waals surface area contributed by atoms with Crippen molar-refractivity contribution in [2.45, 2.75) is 6.54 Å². The highest BCUT2D eigenvalue weighted by molar-refractivity contribution is 5.91. The summed E-state index contributed by atoms with van der Waals surface area (Å²) in [6.07, 6.45) is 1.20. The van der Waals surface area contributed by atoms with E-state index < -0.39 is 5.97 Å². The second kappa shape index (κ2) is 7.57. The van der Waals surface area contributed by atoms with Crippen LogP contribution < -0.4 is 10.1 Å². The number of rotatable bonds is 5. The molecular weight excluding hydrogens is 292 g/mol. The van der Waals surface area contributed by atoms with E-state index in [1.54, 1.807) is 48.5 Å². The molecule has 2 aromatic carbocycles. The summed E-state index contributed by atoms with van der Waals surface area (Å²) in [5.41, 5.74) is 1.75. The van der Waals surface area contributed by atoms with E-state index in [0.717, 1.165) is 5.56 Å². The highest BCUT2D eigenvalue weighted by Crippen LogP contribution is 2.14. The third-order valence-corrected chi connectivity index (χ3v) is 3.04. The minimum Gasteiger partial charge on any atom is -0.423 e. The Hall–Kier alpha value is -3.39. The molecule has 0 unspecified atom stereocenters. The number of hydrogen-bond donors (Lipinski definition) is 1. The summed E-state index contributed by atoms with van der Waals surface area (Å²) in [6, 6.07) is 15.0. The quantitative estimate of drug-likeness (QED) is 0.523. The first-order chi connectivity index (χ1) is 11.1. The van der Waals surface area contributed by atoms with Crippen molar-refractivity contribution in [3.63, 3.8) is 0 Å². The normalized spacial score (nSPS) is 9.52. The van der Waals surface area contributed by atoms with Crippen molar-refractivity contribution in [3.8, 4) is 11.8 Å². The van der Waals surface area contributed by atoms with Crippen molar-refractivity contribution in [2.24, 2.45) is 0 Å². The standard InChI is InChI=1S/C18H14N2O3/c1-2-17(21)20-12-14-3-7-15(8-4-14)18(22)23-16-9-5-13(11-19)6-10-16/h2-10H,1,12H2,(H,20,21). The van der Waals surface area contributed by atoms with Crippen molar-refractivity contribution < 1.29 is 14.3 Å². The Balaban J connectivity index is 1.98. The summed E-state index contributed by atoms with van der Waals surface area (Å²) in [7, 11) is 0. The molecule has 2 aromatic rings. The Labute approximate surface area is 133 Å². The van der Waals surface area contributed by atoms with Crippen LogP contribution in [0.25, 0.3) is 0 Å². The van der Waals surface area contributed by atoms with Crippen LogP contribution in [0.2, 0.25) is 0 Å². The molecule has 2 rings (SSSR count). The van der Waals surface area contributed by atoms with Crippen LogP contribution in [0.4, 0.5) is 0 Å². The number of hydrogen-bond acceptors (Lipinski definition) is 4. The Morgan fingerprint density at radius 3 is 2.35 bits per heavy atom. The van der Waals surface area contributed by atoms with Gasteiger partial charge in [0.15, 0.2) is 0 Å². The Morgan fingerprint density at radius 2 is 1.78 bits per heavy atom. The van der Waals surface area contributed by atoms with Crippen LogP contribution in [0.5, 0.6) is 5.75 Å². The maximum Gasteiger partial charge on any atom is 0.343 e. The molecule has 0 bridgehead atoms. The molecule has 0 aliphatic heterocycles. The van der Waals surface area contributed by atoms with E-state index in [9.17, 15) is 9.59 Å². The Kier molecular flexibility index (Phi) is 5.26. The van der Waals surface area contributed by atoms with Crippen molar-refractivity contribution in [1.29, 1.82) is 5.26 Å². The van der Waals surface area contributed by atoms with Gasteiger partial charge < -0.3 is 10.1 Å². The fraction of sp³-hybridized carbons (Fsp3) is 0.0556. The predicted octanol–water partition coefficient (Wildman–Crippen LogP) is 2.58. The van der Waals surface area contributed by atoms with Crippen LogP contribution >= 0.6 is 0 Å². The number of esters is 1. The van der Waals surface area contributed by atoms with Crippen molar-refractivity contribution in [3.05, 3.63) is 77.9 Å². The molecule has 0 aromatic heterocycles. The smallest absolute Gasteiger partial charge is 0.343 e. The average molecular weight is 306 g/mol. The number of nitrogens with one attached hydrogen (secondary N) is 1. The molecule has 5 heteroatoms. The van der Waals surface area contributed by atoms with Gasteiger partial charge in [0.05, 0.1) is 17.2 Å². The zero-order chi connectivity index (χ0) is 16.7. The first-order valence-corrected chi connectivity index (χ1v) is 6.84. The summed E-state index contributed by atoms with van der Waals surface area (Å²) < 4.78 is 5.22. The largest absolute Gasteiger partial charge is 0.423 e. The third-order valence-electron chi connectivity index (χ3n) is 3.04. The third kappa shape index (κ3) is 4.55. The Morgan fingerprint density at radius 1 is 1.13 bits per heavy atom. The predicted molar refractivity (Wildman–Crippen MR) is 84.6 cm³/mol. The number of nitrogens with zero attached hydrogens (tertiary/aromatic N) is 1.